The van der Waals surface area contributed by atoms with Crippen molar-refractivity contribution in [3.05, 3.63) is 145 Å². The van der Waals surface area contributed by atoms with Crippen molar-refractivity contribution in [1.82, 2.24) is 0 Å². The van der Waals surface area contributed by atoms with Gasteiger partial charge in [-0.2, -0.15) is 0 Å². The molecule has 9 rings (SSSR count). The van der Waals surface area contributed by atoms with E-state index >= 15 is 0 Å². The summed E-state index contributed by atoms with van der Waals surface area (Å²) in [5.74, 6) is 0.595. The number of furan rings is 2. The third-order valence-electron chi connectivity index (χ3n) is 7.94. The van der Waals surface area contributed by atoms with E-state index in [0.29, 0.717) is 33.6 Å². The fraction of sp³-hybridized carbons (Fsp3) is 0. The zero-order valence-electron chi connectivity index (χ0n) is 30.1. The Hall–Kier alpha value is -5.60. The molecular formula is C40H24O2. The lowest BCUT2D eigenvalue weighted by molar-refractivity contribution is 0.631. The predicted molar refractivity (Wildman–Crippen MR) is 175 cm³/mol. The van der Waals surface area contributed by atoms with Gasteiger partial charge in [0.25, 0.3) is 0 Å². The van der Waals surface area contributed by atoms with Crippen molar-refractivity contribution in [3.63, 3.8) is 0 Å². The first kappa shape index (κ1) is 16.6. The molecule has 0 bridgehead atoms. The highest BCUT2D eigenvalue weighted by Crippen LogP contribution is 2.44. The molecule has 0 N–H and O–H groups in total. The number of hydrogen-bond donors (Lipinski definition) is 0. The maximum Gasteiger partial charge on any atom is 0.146 e. The Bertz CT molecular complexity index is 2810. The molecule has 2 heteroatoms. The topological polar surface area (TPSA) is 26.3 Å². The molecule has 0 aliphatic rings. The third-order valence-corrected chi connectivity index (χ3v) is 7.94. The van der Waals surface area contributed by atoms with Crippen LogP contribution in [0.25, 0.3) is 88.0 Å². The molecule has 0 radical (unpaired) electrons. The zero-order valence-corrected chi connectivity index (χ0v) is 22.1. The van der Waals surface area contributed by atoms with Gasteiger partial charge in [0, 0.05) is 16.3 Å². The van der Waals surface area contributed by atoms with Crippen molar-refractivity contribution in [2.45, 2.75) is 0 Å². The zero-order chi connectivity index (χ0) is 34.6. The lowest BCUT2D eigenvalue weighted by Gasteiger charge is -2.17. The average molecular weight is 545 g/mol. The second-order valence-electron chi connectivity index (χ2n) is 10.3. The molecule has 0 spiro atoms. The van der Waals surface area contributed by atoms with E-state index in [1.165, 1.54) is 0 Å². The maximum atomic E-state index is 9.11. The van der Waals surface area contributed by atoms with Gasteiger partial charge < -0.3 is 8.83 Å². The minimum Gasteiger partial charge on any atom is -0.456 e. The predicted octanol–water partition coefficient (Wildman–Crippen LogP) is 11.6. The first-order valence-electron chi connectivity index (χ1n) is 17.6. The lowest BCUT2D eigenvalue weighted by Crippen LogP contribution is -1.90. The number of para-hydroxylation sites is 1. The van der Waals surface area contributed by atoms with Crippen LogP contribution in [0, 0.1) is 0 Å². The van der Waals surface area contributed by atoms with E-state index in [1.54, 1.807) is 36.4 Å². The molecule has 2 heterocycles. The quantitative estimate of drug-likeness (QED) is 0.207. The van der Waals surface area contributed by atoms with Gasteiger partial charge in [-0.15, -0.1) is 0 Å². The molecule has 9 aromatic rings. The van der Waals surface area contributed by atoms with Gasteiger partial charge in [-0.25, -0.2) is 0 Å². The van der Waals surface area contributed by atoms with E-state index < -0.39 is 24.2 Å². The van der Waals surface area contributed by atoms with Crippen LogP contribution in [0.1, 0.15) is 11.0 Å². The molecule has 0 aliphatic heterocycles. The highest BCUT2D eigenvalue weighted by Gasteiger charge is 2.18. The molecule has 0 aliphatic carbocycles. The number of benzene rings is 7. The molecule has 2 aromatic heterocycles. The molecule has 196 valence electrons. The molecule has 7 aromatic carbocycles. The van der Waals surface area contributed by atoms with Crippen LogP contribution in [0.5, 0.6) is 0 Å². The third kappa shape index (κ3) is 3.39. The van der Waals surface area contributed by atoms with Gasteiger partial charge in [-0.1, -0.05) is 121 Å². The van der Waals surface area contributed by atoms with Crippen molar-refractivity contribution in [1.29, 1.82) is 0 Å². The van der Waals surface area contributed by atoms with Crippen LogP contribution >= 0.6 is 0 Å². The van der Waals surface area contributed by atoms with Crippen molar-refractivity contribution >= 4 is 54.5 Å². The van der Waals surface area contributed by atoms with Gasteiger partial charge in [-0.05, 0) is 68.1 Å². The Kier molecular flexibility index (Phi) is 3.54. The number of fused-ring (bicyclic) bond motifs is 7. The smallest absolute Gasteiger partial charge is 0.146 e. The van der Waals surface area contributed by atoms with E-state index in [0.717, 1.165) is 32.9 Å². The van der Waals surface area contributed by atoms with Crippen LogP contribution in [-0.2, 0) is 0 Å². The number of hydrogen-bond acceptors (Lipinski definition) is 2. The van der Waals surface area contributed by atoms with Gasteiger partial charge in [0.05, 0.1) is 16.4 Å². The maximum absolute atomic E-state index is 9.11. The Morgan fingerprint density at radius 3 is 1.62 bits per heavy atom. The minimum absolute atomic E-state index is 0.177. The summed E-state index contributed by atoms with van der Waals surface area (Å²) >= 11 is 0. The molecule has 0 saturated carbocycles. The van der Waals surface area contributed by atoms with Gasteiger partial charge in [-0.3, -0.25) is 0 Å². The van der Waals surface area contributed by atoms with E-state index in [4.69, 9.17) is 19.8 Å². The highest BCUT2D eigenvalue weighted by atomic mass is 16.3. The SMILES string of the molecule is [2H]c1c([2H])c([2H])c2c(-c3ccc(-c4cc5c(ccc6c7ccccc7oc56)o4)cc3)c3c([2H])c([2H])c([2H])c([2H])c3c(-c3ccccc3)c2c1[2H]. The van der Waals surface area contributed by atoms with Crippen molar-refractivity contribution < 1.29 is 19.8 Å². The monoisotopic (exact) mass is 544 g/mol. The Balaban J connectivity index is 1.33. The van der Waals surface area contributed by atoms with E-state index in [2.05, 4.69) is 0 Å². The van der Waals surface area contributed by atoms with Crippen LogP contribution in [0.3, 0.4) is 0 Å². The molecule has 0 saturated heterocycles. The van der Waals surface area contributed by atoms with Gasteiger partial charge >= 0.3 is 0 Å². The molecule has 0 amide bonds. The van der Waals surface area contributed by atoms with Crippen LogP contribution < -0.4 is 0 Å². The molecule has 0 atom stereocenters. The van der Waals surface area contributed by atoms with E-state index in [1.807, 2.05) is 60.7 Å². The summed E-state index contributed by atoms with van der Waals surface area (Å²) in [6.45, 7) is 0. The van der Waals surface area contributed by atoms with E-state index in [9.17, 15) is 0 Å². The first-order chi connectivity index (χ1) is 24.2. The molecule has 2 nitrogen and oxygen atoms in total. The van der Waals surface area contributed by atoms with Crippen LogP contribution in [0.15, 0.2) is 154 Å². The second-order valence-corrected chi connectivity index (χ2v) is 10.3. The van der Waals surface area contributed by atoms with Crippen LogP contribution in [0.2, 0.25) is 0 Å². The largest absolute Gasteiger partial charge is 0.456 e. The molecule has 0 unspecified atom stereocenters. The highest BCUT2D eigenvalue weighted by molar-refractivity contribution is 6.21. The Morgan fingerprint density at radius 2 is 0.952 bits per heavy atom. The summed E-state index contributed by atoms with van der Waals surface area (Å²) in [6.07, 6.45) is 0. The normalized spacial score (nSPS) is 14.5. The van der Waals surface area contributed by atoms with Gasteiger partial charge in [0.1, 0.15) is 22.5 Å². The van der Waals surface area contributed by atoms with Crippen molar-refractivity contribution in [3.8, 4) is 33.6 Å². The lowest BCUT2D eigenvalue weighted by atomic mass is 9.86. The standard InChI is InChI=1S/C40H24O2/c1-2-10-26(11-3-1)38-29-13-4-6-15-31(29)39(32-16-7-5-14-30(32)38)27-20-18-25(19-21-27)37-24-34-36(41-37)23-22-33-28-12-8-9-17-35(28)42-40(33)34/h1-24H/i4D,5D,6D,7D,13D,14D,15D,16D. The number of rotatable bonds is 3. The summed E-state index contributed by atoms with van der Waals surface area (Å²) in [6, 6.07) is 27.0. The fourth-order valence-corrected chi connectivity index (χ4v) is 6.05. The fourth-order valence-electron chi connectivity index (χ4n) is 6.05. The summed E-state index contributed by atoms with van der Waals surface area (Å²) < 4.78 is 83.2. The molecular weight excluding hydrogens is 512 g/mol. The average Bonchev–Trinajstić information content (AvgIpc) is 3.76. The summed E-state index contributed by atoms with van der Waals surface area (Å²) in [4.78, 5) is 0. The van der Waals surface area contributed by atoms with Gasteiger partial charge in [0.2, 0.25) is 0 Å². The molecule has 42 heavy (non-hydrogen) atoms. The van der Waals surface area contributed by atoms with E-state index in [-0.39, 0.29) is 45.7 Å². The van der Waals surface area contributed by atoms with Crippen molar-refractivity contribution in [2.24, 2.45) is 0 Å². The summed E-state index contributed by atoms with van der Waals surface area (Å²) in [5.41, 5.74) is 4.65. The Morgan fingerprint density at radius 1 is 0.405 bits per heavy atom. The van der Waals surface area contributed by atoms with Crippen molar-refractivity contribution in [2.75, 3.05) is 0 Å². The molecule has 0 fully saturated rings. The second kappa shape index (κ2) is 8.95. The minimum atomic E-state index is -0.432. The summed E-state index contributed by atoms with van der Waals surface area (Å²) in [7, 11) is 0. The van der Waals surface area contributed by atoms with Crippen LogP contribution in [-0.4, -0.2) is 0 Å². The van der Waals surface area contributed by atoms with Crippen LogP contribution in [0.4, 0.5) is 0 Å². The Labute approximate surface area is 253 Å². The van der Waals surface area contributed by atoms with Gasteiger partial charge in [0.15, 0.2) is 0 Å². The first-order valence-corrected chi connectivity index (χ1v) is 13.6. The summed E-state index contributed by atoms with van der Waals surface area (Å²) in [5, 5.41) is 3.57.